The van der Waals surface area contributed by atoms with Crippen LogP contribution in [0.4, 0.5) is 0 Å². The lowest BCUT2D eigenvalue weighted by atomic mass is 9.78. The van der Waals surface area contributed by atoms with E-state index in [9.17, 15) is 4.79 Å². The SMILES string of the molecule is C[C@@H]1[C@@H](C)CCC[C@H]1NC(=O)CSc1nnc(-c2ccco2)n1N. The molecule has 2 heterocycles. The van der Waals surface area contributed by atoms with E-state index in [0.717, 1.165) is 6.42 Å². The average molecular weight is 349 g/mol. The maximum atomic E-state index is 12.2. The van der Waals surface area contributed by atoms with Crippen LogP contribution >= 0.6 is 11.8 Å². The molecule has 0 spiro atoms. The zero-order valence-electron chi connectivity index (χ0n) is 13.9. The number of rotatable bonds is 5. The van der Waals surface area contributed by atoms with Crippen molar-refractivity contribution in [1.29, 1.82) is 0 Å². The molecule has 0 aromatic carbocycles. The lowest BCUT2D eigenvalue weighted by Gasteiger charge is -2.34. The third kappa shape index (κ3) is 3.58. The maximum Gasteiger partial charge on any atom is 0.230 e. The first-order valence-electron chi connectivity index (χ1n) is 8.22. The molecular formula is C16H23N5O2S. The minimum atomic E-state index is 0.00787. The van der Waals surface area contributed by atoms with E-state index in [-0.39, 0.29) is 17.7 Å². The molecule has 130 valence electrons. The largest absolute Gasteiger partial charge is 0.461 e. The van der Waals surface area contributed by atoms with Gasteiger partial charge in [-0.2, -0.15) is 0 Å². The van der Waals surface area contributed by atoms with Crippen molar-refractivity contribution in [3.8, 4) is 11.6 Å². The monoisotopic (exact) mass is 349 g/mol. The summed E-state index contributed by atoms with van der Waals surface area (Å²) >= 11 is 1.27. The zero-order valence-corrected chi connectivity index (χ0v) is 14.8. The highest BCUT2D eigenvalue weighted by atomic mass is 32.2. The Hall–Kier alpha value is -1.96. The molecule has 3 N–H and O–H groups in total. The predicted molar refractivity (Wildman–Crippen MR) is 92.7 cm³/mol. The topological polar surface area (TPSA) is 99.0 Å². The fraction of sp³-hybridized carbons (Fsp3) is 0.562. The molecule has 0 aliphatic heterocycles. The number of thioether (sulfide) groups is 1. The molecule has 1 fully saturated rings. The van der Waals surface area contributed by atoms with Gasteiger partial charge in [0, 0.05) is 6.04 Å². The molecule has 0 bridgehead atoms. The normalized spacial score (nSPS) is 24.0. The Labute approximate surface area is 145 Å². The highest BCUT2D eigenvalue weighted by Crippen LogP contribution is 2.29. The molecule has 7 nitrogen and oxygen atoms in total. The standard InChI is InChI=1S/C16H23N5O2S/c1-10-5-3-6-12(11(10)2)18-14(22)9-24-16-20-19-15(21(16)17)13-7-4-8-23-13/h4,7-8,10-12H,3,5-6,9,17H2,1-2H3,(H,18,22)/t10-,11+,12+/m0/s1. The third-order valence-electron chi connectivity index (χ3n) is 4.79. The first-order valence-corrected chi connectivity index (χ1v) is 9.21. The highest BCUT2D eigenvalue weighted by Gasteiger charge is 2.28. The number of nitrogen functional groups attached to an aromatic ring is 1. The average Bonchev–Trinajstić information content (AvgIpc) is 3.19. The summed E-state index contributed by atoms with van der Waals surface area (Å²) in [6.07, 6.45) is 5.02. The minimum absolute atomic E-state index is 0.00787. The van der Waals surface area contributed by atoms with Crippen LogP contribution in [0.15, 0.2) is 28.0 Å². The van der Waals surface area contributed by atoms with Crippen LogP contribution in [0.3, 0.4) is 0 Å². The molecule has 24 heavy (non-hydrogen) atoms. The predicted octanol–water partition coefficient (Wildman–Crippen LogP) is 2.28. The molecule has 1 aliphatic rings. The van der Waals surface area contributed by atoms with Crippen LogP contribution in [0, 0.1) is 11.8 Å². The number of furan rings is 1. The van der Waals surface area contributed by atoms with Gasteiger partial charge in [-0.05, 0) is 30.4 Å². The van der Waals surface area contributed by atoms with Crippen molar-refractivity contribution in [1.82, 2.24) is 20.2 Å². The van der Waals surface area contributed by atoms with Gasteiger partial charge in [-0.25, -0.2) is 4.68 Å². The lowest BCUT2D eigenvalue weighted by molar-refractivity contribution is -0.120. The van der Waals surface area contributed by atoms with Crippen LogP contribution in [0.2, 0.25) is 0 Å². The van der Waals surface area contributed by atoms with Gasteiger partial charge in [0.15, 0.2) is 5.76 Å². The van der Waals surface area contributed by atoms with Crippen molar-refractivity contribution < 1.29 is 9.21 Å². The van der Waals surface area contributed by atoms with Crippen molar-refractivity contribution in [2.75, 3.05) is 11.6 Å². The van der Waals surface area contributed by atoms with Crippen LogP contribution in [-0.2, 0) is 4.79 Å². The van der Waals surface area contributed by atoms with E-state index in [1.54, 1.807) is 18.4 Å². The number of nitrogens with two attached hydrogens (primary N) is 1. The van der Waals surface area contributed by atoms with Gasteiger partial charge < -0.3 is 15.6 Å². The van der Waals surface area contributed by atoms with Gasteiger partial charge in [-0.15, -0.1) is 10.2 Å². The van der Waals surface area contributed by atoms with Crippen molar-refractivity contribution in [3.05, 3.63) is 18.4 Å². The number of aromatic nitrogens is 3. The Balaban J connectivity index is 1.55. The second kappa shape index (κ2) is 7.29. The number of carbonyl (C=O) groups excluding carboxylic acids is 1. The minimum Gasteiger partial charge on any atom is -0.461 e. The molecule has 2 aromatic heterocycles. The number of nitrogens with zero attached hydrogens (tertiary/aromatic N) is 3. The molecular weight excluding hydrogens is 326 g/mol. The second-order valence-corrected chi connectivity index (χ2v) is 7.33. The van der Waals surface area contributed by atoms with E-state index < -0.39 is 0 Å². The van der Waals surface area contributed by atoms with Crippen LogP contribution < -0.4 is 11.2 Å². The number of hydrogen-bond donors (Lipinski definition) is 2. The van der Waals surface area contributed by atoms with Gasteiger partial charge in [0.25, 0.3) is 0 Å². The molecule has 0 radical (unpaired) electrons. The summed E-state index contributed by atoms with van der Waals surface area (Å²) in [6, 6.07) is 3.79. The molecule has 0 saturated heterocycles. The summed E-state index contributed by atoms with van der Waals surface area (Å²) in [5, 5.41) is 11.7. The first kappa shape index (κ1) is 16.9. The first-order chi connectivity index (χ1) is 11.6. The quantitative estimate of drug-likeness (QED) is 0.635. The fourth-order valence-electron chi connectivity index (χ4n) is 3.11. The number of hydrogen-bond acceptors (Lipinski definition) is 6. The van der Waals surface area contributed by atoms with Gasteiger partial charge in [0.1, 0.15) is 0 Å². The number of nitrogens with one attached hydrogen (secondary N) is 1. The van der Waals surface area contributed by atoms with Gasteiger partial charge in [0.2, 0.25) is 16.9 Å². The molecule has 1 amide bonds. The molecule has 1 saturated carbocycles. The molecule has 3 atom stereocenters. The summed E-state index contributed by atoms with van der Waals surface area (Å²) in [7, 11) is 0. The second-order valence-electron chi connectivity index (χ2n) is 6.38. The third-order valence-corrected chi connectivity index (χ3v) is 5.73. The number of carbonyl (C=O) groups is 1. The summed E-state index contributed by atoms with van der Waals surface area (Å²) in [5.74, 6) is 8.41. The van der Waals surface area contributed by atoms with Crippen LogP contribution in [0.5, 0.6) is 0 Å². The Bertz CT molecular complexity index is 685. The van der Waals surface area contributed by atoms with Crippen molar-refractivity contribution in [2.45, 2.75) is 44.3 Å². The van der Waals surface area contributed by atoms with Crippen molar-refractivity contribution >= 4 is 17.7 Å². The fourth-order valence-corrected chi connectivity index (χ4v) is 3.78. The van der Waals surface area contributed by atoms with E-state index in [1.165, 1.54) is 29.3 Å². The molecule has 8 heteroatoms. The van der Waals surface area contributed by atoms with Gasteiger partial charge in [-0.3, -0.25) is 4.79 Å². The Morgan fingerprint density at radius 3 is 3.04 bits per heavy atom. The summed E-state index contributed by atoms with van der Waals surface area (Å²) in [6.45, 7) is 4.47. The van der Waals surface area contributed by atoms with Crippen LogP contribution in [0.25, 0.3) is 11.6 Å². The summed E-state index contributed by atoms with van der Waals surface area (Å²) in [5.41, 5.74) is 0. The Morgan fingerprint density at radius 1 is 1.46 bits per heavy atom. The Morgan fingerprint density at radius 2 is 2.29 bits per heavy atom. The van der Waals surface area contributed by atoms with Crippen molar-refractivity contribution in [2.24, 2.45) is 11.8 Å². The zero-order chi connectivity index (χ0) is 17.1. The Kier molecular flexibility index (Phi) is 5.13. The maximum absolute atomic E-state index is 12.2. The molecule has 2 aromatic rings. The van der Waals surface area contributed by atoms with Crippen LogP contribution in [-0.4, -0.2) is 32.6 Å². The van der Waals surface area contributed by atoms with E-state index in [2.05, 4.69) is 29.4 Å². The summed E-state index contributed by atoms with van der Waals surface area (Å²) < 4.78 is 6.62. The highest BCUT2D eigenvalue weighted by molar-refractivity contribution is 7.99. The van der Waals surface area contributed by atoms with E-state index >= 15 is 0 Å². The molecule has 1 aliphatic carbocycles. The smallest absolute Gasteiger partial charge is 0.230 e. The molecule has 3 rings (SSSR count). The lowest BCUT2D eigenvalue weighted by Crippen LogP contribution is -2.44. The van der Waals surface area contributed by atoms with Crippen LogP contribution in [0.1, 0.15) is 33.1 Å². The molecule has 0 unspecified atom stereocenters. The van der Waals surface area contributed by atoms with E-state index in [4.69, 9.17) is 10.3 Å². The van der Waals surface area contributed by atoms with Gasteiger partial charge >= 0.3 is 0 Å². The van der Waals surface area contributed by atoms with E-state index in [0.29, 0.717) is 28.6 Å². The van der Waals surface area contributed by atoms with Gasteiger partial charge in [0.05, 0.1) is 12.0 Å². The summed E-state index contributed by atoms with van der Waals surface area (Å²) in [4.78, 5) is 12.2. The van der Waals surface area contributed by atoms with Crippen molar-refractivity contribution in [3.63, 3.8) is 0 Å². The van der Waals surface area contributed by atoms with E-state index in [1.807, 2.05) is 0 Å². The number of amides is 1. The van der Waals surface area contributed by atoms with Gasteiger partial charge in [-0.1, -0.05) is 38.5 Å².